The lowest BCUT2D eigenvalue weighted by atomic mass is 10.2. The second-order valence-corrected chi connectivity index (χ2v) is 5.16. The average Bonchev–Trinajstić information content (AvgIpc) is 2.89. The van der Waals surface area contributed by atoms with Gasteiger partial charge in [-0.25, -0.2) is 9.67 Å². The minimum atomic E-state index is 0.327. The molecule has 1 N–H and O–H groups in total. The molecule has 2 heterocycles. The van der Waals surface area contributed by atoms with Crippen LogP contribution in [0.15, 0.2) is 48.8 Å². The molecule has 2 aromatic heterocycles. The lowest BCUT2D eigenvalue weighted by molar-refractivity contribution is 0.546. The maximum absolute atomic E-state index is 4.54. The van der Waals surface area contributed by atoms with Gasteiger partial charge in [-0.05, 0) is 37.6 Å². The summed E-state index contributed by atoms with van der Waals surface area (Å²) in [6, 6.07) is 12.6. The van der Waals surface area contributed by atoms with Gasteiger partial charge in [0.05, 0.1) is 6.20 Å². The van der Waals surface area contributed by atoms with E-state index in [4.69, 9.17) is 0 Å². The van der Waals surface area contributed by atoms with E-state index in [-0.39, 0.29) is 0 Å². The molecular weight excluding hydrogens is 248 g/mol. The van der Waals surface area contributed by atoms with Crippen LogP contribution in [0.2, 0.25) is 0 Å². The van der Waals surface area contributed by atoms with Gasteiger partial charge in [-0.3, -0.25) is 0 Å². The minimum Gasteiger partial charge on any atom is -0.381 e. The van der Waals surface area contributed by atoms with E-state index in [1.807, 2.05) is 35.3 Å². The van der Waals surface area contributed by atoms with E-state index in [1.54, 1.807) is 0 Å². The lowest BCUT2D eigenvalue weighted by Crippen LogP contribution is -2.04. The second kappa shape index (κ2) is 5.33. The van der Waals surface area contributed by atoms with E-state index in [1.165, 1.54) is 0 Å². The maximum Gasteiger partial charge on any atom is 0.157 e. The van der Waals surface area contributed by atoms with Crippen LogP contribution in [-0.4, -0.2) is 14.8 Å². The van der Waals surface area contributed by atoms with Gasteiger partial charge in [-0.15, -0.1) is 0 Å². The van der Waals surface area contributed by atoms with Crippen molar-refractivity contribution in [2.45, 2.75) is 26.4 Å². The van der Waals surface area contributed by atoms with Crippen molar-refractivity contribution < 1.29 is 0 Å². The van der Waals surface area contributed by atoms with Crippen LogP contribution in [0.4, 0.5) is 5.69 Å². The molecule has 1 aromatic carbocycles. The molecule has 4 nitrogen and oxygen atoms in total. The van der Waals surface area contributed by atoms with Crippen molar-refractivity contribution in [2.75, 3.05) is 5.32 Å². The number of anilines is 1. The number of fused-ring (bicyclic) bond motifs is 1. The number of para-hydroxylation sites is 1. The molecule has 0 fully saturated rings. The van der Waals surface area contributed by atoms with E-state index < -0.39 is 0 Å². The Labute approximate surface area is 118 Å². The Bertz CT molecular complexity index is 701. The van der Waals surface area contributed by atoms with Gasteiger partial charge in [0.15, 0.2) is 5.65 Å². The van der Waals surface area contributed by atoms with Crippen LogP contribution in [0.3, 0.4) is 0 Å². The second-order valence-electron chi connectivity index (χ2n) is 5.16. The zero-order chi connectivity index (χ0) is 13.9. The molecule has 0 radical (unpaired) electrons. The highest BCUT2D eigenvalue weighted by Gasteiger charge is 2.07. The SMILES string of the molecule is CC(C)n1ncc2cc(CNc3ccccc3)cnc21. The van der Waals surface area contributed by atoms with Crippen molar-refractivity contribution >= 4 is 16.7 Å². The first-order chi connectivity index (χ1) is 9.74. The highest BCUT2D eigenvalue weighted by molar-refractivity contribution is 5.75. The van der Waals surface area contributed by atoms with Gasteiger partial charge in [-0.2, -0.15) is 5.10 Å². The summed E-state index contributed by atoms with van der Waals surface area (Å²) < 4.78 is 1.95. The quantitative estimate of drug-likeness (QED) is 0.784. The molecule has 0 spiro atoms. The molecule has 0 saturated carbocycles. The van der Waals surface area contributed by atoms with Crippen molar-refractivity contribution in [1.82, 2.24) is 14.8 Å². The zero-order valence-corrected chi connectivity index (χ0v) is 11.7. The molecular formula is C16H18N4. The largest absolute Gasteiger partial charge is 0.381 e. The van der Waals surface area contributed by atoms with Gasteiger partial charge >= 0.3 is 0 Å². The van der Waals surface area contributed by atoms with Crippen LogP contribution in [-0.2, 0) is 6.54 Å². The topological polar surface area (TPSA) is 42.7 Å². The normalized spacial score (nSPS) is 11.2. The number of pyridine rings is 1. The Morgan fingerprint density at radius 2 is 1.95 bits per heavy atom. The number of rotatable bonds is 4. The van der Waals surface area contributed by atoms with Crippen LogP contribution in [0.5, 0.6) is 0 Å². The smallest absolute Gasteiger partial charge is 0.157 e. The molecule has 0 saturated heterocycles. The Hall–Kier alpha value is -2.36. The molecule has 102 valence electrons. The summed E-state index contributed by atoms with van der Waals surface area (Å²) in [5.41, 5.74) is 3.22. The lowest BCUT2D eigenvalue weighted by Gasteiger charge is -2.08. The standard InChI is InChI=1S/C16H18N4/c1-12(2)20-16-14(11-19-20)8-13(10-18-16)9-17-15-6-4-3-5-7-15/h3-8,10-12,17H,9H2,1-2H3. The molecule has 0 unspecified atom stereocenters. The van der Waals surface area contributed by atoms with Crippen molar-refractivity contribution in [3.63, 3.8) is 0 Å². The average molecular weight is 266 g/mol. The summed E-state index contributed by atoms with van der Waals surface area (Å²) in [6.07, 6.45) is 3.80. The number of hydrogen-bond acceptors (Lipinski definition) is 3. The van der Waals surface area contributed by atoms with Gasteiger partial charge in [-0.1, -0.05) is 18.2 Å². The first-order valence-corrected chi connectivity index (χ1v) is 6.85. The van der Waals surface area contributed by atoms with E-state index >= 15 is 0 Å². The first-order valence-electron chi connectivity index (χ1n) is 6.85. The molecule has 0 bridgehead atoms. The van der Waals surface area contributed by atoms with Gasteiger partial charge in [0.2, 0.25) is 0 Å². The summed E-state index contributed by atoms with van der Waals surface area (Å²) in [5, 5.41) is 8.86. The third-order valence-corrected chi connectivity index (χ3v) is 3.25. The molecule has 3 aromatic rings. The highest BCUT2D eigenvalue weighted by Crippen LogP contribution is 2.17. The Balaban J connectivity index is 1.80. The molecule has 20 heavy (non-hydrogen) atoms. The van der Waals surface area contributed by atoms with Crippen molar-refractivity contribution in [2.24, 2.45) is 0 Å². The van der Waals surface area contributed by atoms with Crippen LogP contribution < -0.4 is 5.32 Å². The maximum atomic E-state index is 4.54. The number of nitrogens with zero attached hydrogens (tertiary/aromatic N) is 3. The van der Waals surface area contributed by atoms with Gasteiger partial charge in [0.1, 0.15) is 0 Å². The fraction of sp³-hybridized carbons (Fsp3) is 0.250. The number of aromatic nitrogens is 3. The zero-order valence-electron chi connectivity index (χ0n) is 11.7. The molecule has 0 aliphatic rings. The van der Waals surface area contributed by atoms with Crippen LogP contribution in [0.1, 0.15) is 25.5 Å². The fourth-order valence-corrected chi connectivity index (χ4v) is 2.22. The molecule has 4 heteroatoms. The van der Waals surface area contributed by atoms with E-state index in [2.05, 4.69) is 47.4 Å². The summed E-state index contributed by atoms with van der Waals surface area (Å²) in [5.74, 6) is 0. The summed E-state index contributed by atoms with van der Waals surface area (Å²) in [6.45, 7) is 4.98. The molecule has 0 aliphatic heterocycles. The van der Waals surface area contributed by atoms with Gasteiger partial charge in [0, 0.05) is 29.9 Å². The van der Waals surface area contributed by atoms with Crippen molar-refractivity contribution in [3.05, 3.63) is 54.4 Å². The third-order valence-electron chi connectivity index (χ3n) is 3.25. The predicted molar refractivity (Wildman–Crippen MR) is 81.7 cm³/mol. The van der Waals surface area contributed by atoms with Crippen molar-refractivity contribution in [3.8, 4) is 0 Å². The molecule has 0 atom stereocenters. The van der Waals surface area contributed by atoms with E-state index in [0.717, 1.165) is 28.8 Å². The summed E-state index contributed by atoms with van der Waals surface area (Å²) in [4.78, 5) is 4.54. The van der Waals surface area contributed by atoms with E-state index in [9.17, 15) is 0 Å². The van der Waals surface area contributed by atoms with Crippen LogP contribution >= 0.6 is 0 Å². The summed E-state index contributed by atoms with van der Waals surface area (Å²) >= 11 is 0. The van der Waals surface area contributed by atoms with Gasteiger partial charge < -0.3 is 5.32 Å². The Kier molecular flexibility index (Phi) is 3.37. The van der Waals surface area contributed by atoms with Gasteiger partial charge in [0.25, 0.3) is 0 Å². The van der Waals surface area contributed by atoms with Crippen molar-refractivity contribution in [1.29, 1.82) is 0 Å². The highest BCUT2D eigenvalue weighted by atomic mass is 15.3. The minimum absolute atomic E-state index is 0.327. The fourth-order valence-electron chi connectivity index (χ4n) is 2.22. The Morgan fingerprint density at radius 3 is 2.70 bits per heavy atom. The number of hydrogen-bond donors (Lipinski definition) is 1. The Morgan fingerprint density at radius 1 is 1.15 bits per heavy atom. The molecule has 3 rings (SSSR count). The third kappa shape index (κ3) is 2.50. The number of benzene rings is 1. The monoisotopic (exact) mass is 266 g/mol. The van der Waals surface area contributed by atoms with Crippen LogP contribution in [0, 0.1) is 0 Å². The first kappa shape index (κ1) is 12.7. The predicted octanol–water partition coefficient (Wildman–Crippen LogP) is 3.62. The summed E-state index contributed by atoms with van der Waals surface area (Å²) in [7, 11) is 0. The molecule has 0 amide bonds. The molecule has 0 aliphatic carbocycles. The van der Waals surface area contributed by atoms with E-state index in [0.29, 0.717) is 6.04 Å². The van der Waals surface area contributed by atoms with Crippen LogP contribution in [0.25, 0.3) is 11.0 Å². The number of nitrogens with one attached hydrogen (secondary N) is 1.